The lowest BCUT2D eigenvalue weighted by molar-refractivity contribution is 0.0596. The van der Waals surface area contributed by atoms with Gasteiger partial charge in [-0.15, -0.1) is 11.3 Å². The molecule has 0 saturated carbocycles. The molecule has 0 amide bonds. The third-order valence-corrected chi connectivity index (χ3v) is 3.79. The number of thiazole rings is 1. The molecule has 0 spiro atoms. The van der Waals surface area contributed by atoms with Crippen molar-refractivity contribution in [2.24, 2.45) is 0 Å². The molecule has 0 radical (unpaired) electrons. The van der Waals surface area contributed by atoms with Crippen LogP contribution in [-0.4, -0.2) is 18.1 Å². The van der Waals surface area contributed by atoms with Crippen LogP contribution in [0.5, 0.6) is 0 Å². The maximum Gasteiger partial charge on any atom is 0.358 e. The van der Waals surface area contributed by atoms with Crippen molar-refractivity contribution in [3.8, 4) is 10.4 Å². The summed E-state index contributed by atoms with van der Waals surface area (Å²) in [6, 6.07) is 5.48. The Labute approximate surface area is 116 Å². The summed E-state index contributed by atoms with van der Waals surface area (Å²) in [5.41, 5.74) is 2.67. The Morgan fingerprint density at radius 1 is 1.53 bits per heavy atom. The van der Waals surface area contributed by atoms with Gasteiger partial charge in [0.2, 0.25) is 0 Å². The molecular weight excluding hydrogens is 326 g/mol. The molecule has 17 heavy (non-hydrogen) atoms. The summed E-state index contributed by atoms with van der Waals surface area (Å²) in [4.78, 5) is 16.2. The van der Waals surface area contributed by atoms with Gasteiger partial charge >= 0.3 is 5.97 Å². The number of carbonyl (C=O) groups is 1. The number of aromatic nitrogens is 1. The van der Waals surface area contributed by atoms with Crippen LogP contribution in [0.25, 0.3) is 10.4 Å². The topological polar surface area (TPSA) is 39.2 Å². The number of rotatable bonds is 2. The van der Waals surface area contributed by atoms with Crippen molar-refractivity contribution in [1.29, 1.82) is 0 Å². The van der Waals surface area contributed by atoms with E-state index in [0.29, 0.717) is 15.6 Å². The smallest absolute Gasteiger partial charge is 0.358 e. The molecule has 88 valence electrons. The zero-order chi connectivity index (χ0) is 12.4. The Hall–Kier alpha value is -0.910. The van der Waals surface area contributed by atoms with E-state index >= 15 is 0 Å². The summed E-state index contributed by atoms with van der Waals surface area (Å²) in [6.07, 6.45) is 0. The normalized spacial score (nSPS) is 10.3. The van der Waals surface area contributed by atoms with Gasteiger partial charge in [0.25, 0.3) is 0 Å². The highest BCUT2D eigenvalue weighted by Crippen LogP contribution is 2.35. The number of carbonyl (C=O) groups excluding carboxylic acids is 1. The van der Waals surface area contributed by atoms with Crippen molar-refractivity contribution in [3.63, 3.8) is 0 Å². The van der Waals surface area contributed by atoms with E-state index in [4.69, 9.17) is 11.6 Å². The molecule has 0 aliphatic rings. The van der Waals surface area contributed by atoms with Crippen molar-refractivity contribution in [2.75, 3.05) is 7.11 Å². The van der Waals surface area contributed by atoms with Crippen molar-refractivity contribution in [2.45, 2.75) is 0 Å². The highest BCUT2D eigenvalue weighted by atomic mass is 79.9. The lowest BCUT2D eigenvalue weighted by Gasteiger charge is -2.04. The van der Waals surface area contributed by atoms with E-state index in [1.165, 1.54) is 18.4 Å². The Kier molecular flexibility index (Phi) is 3.81. The summed E-state index contributed by atoms with van der Waals surface area (Å²) < 4.78 is 5.56. The van der Waals surface area contributed by atoms with E-state index in [1.54, 1.807) is 11.6 Å². The summed E-state index contributed by atoms with van der Waals surface area (Å²) in [5, 5.41) is 0.564. The number of esters is 1. The molecule has 6 heteroatoms. The predicted octanol–water partition coefficient (Wildman–Crippen LogP) is 4.01. The lowest BCUT2D eigenvalue weighted by atomic mass is 10.1. The van der Waals surface area contributed by atoms with E-state index < -0.39 is 5.97 Å². The van der Waals surface area contributed by atoms with Crippen molar-refractivity contribution in [3.05, 3.63) is 38.9 Å². The van der Waals surface area contributed by atoms with Crippen LogP contribution in [0, 0.1) is 0 Å². The van der Waals surface area contributed by atoms with Crippen LogP contribution in [-0.2, 0) is 4.74 Å². The molecule has 0 aliphatic carbocycles. The SMILES string of the molecule is COC(=O)c1ncsc1-c1ccc(Br)cc1Cl. The summed E-state index contributed by atoms with van der Waals surface area (Å²) in [5.74, 6) is -0.458. The number of hydrogen-bond donors (Lipinski definition) is 0. The van der Waals surface area contributed by atoms with Gasteiger partial charge in [0.15, 0.2) is 5.69 Å². The van der Waals surface area contributed by atoms with E-state index in [2.05, 4.69) is 25.7 Å². The van der Waals surface area contributed by atoms with E-state index in [-0.39, 0.29) is 0 Å². The van der Waals surface area contributed by atoms with Gasteiger partial charge in [-0.1, -0.05) is 33.6 Å². The third kappa shape index (κ3) is 2.51. The minimum absolute atomic E-state index is 0.293. The number of hydrogen-bond acceptors (Lipinski definition) is 4. The number of benzene rings is 1. The molecule has 3 nitrogen and oxygen atoms in total. The van der Waals surface area contributed by atoms with Gasteiger partial charge in [-0.3, -0.25) is 0 Å². The highest BCUT2D eigenvalue weighted by Gasteiger charge is 2.18. The lowest BCUT2D eigenvalue weighted by Crippen LogP contribution is -2.03. The standard InChI is InChI=1S/C11H7BrClNO2S/c1-16-11(15)9-10(17-5-14-9)7-3-2-6(12)4-8(7)13/h2-5H,1H3. The fraction of sp³-hybridized carbons (Fsp3) is 0.0909. The average Bonchev–Trinajstić information content (AvgIpc) is 2.77. The first-order valence-electron chi connectivity index (χ1n) is 4.60. The first-order valence-corrected chi connectivity index (χ1v) is 6.65. The fourth-order valence-electron chi connectivity index (χ4n) is 1.35. The molecule has 0 atom stereocenters. The van der Waals surface area contributed by atoms with Gasteiger partial charge in [0.1, 0.15) is 0 Å². The van der Waals surface area contributed by atoms with Crippen LogP contribution in [0.3, 0.4) is 0 Å². The monoisotopic (exact) mass is 331 g/mol. The quantitative estimate of drug-likeness (QED) is 0.780. The van der Waals surface area contributed by atoms with Gasteiger partial charge in [-0.2, -0.15) is 0 Å². The predicted molar refractivity (Wildman–Crippen MR) is 71.6 cm³/mol. The first-order chi connectivity index (χ1) is 8.13. The van der Waals surface area contributed by atoms with Crippen LogP contribution in [0.1, 0.15) is 10.5 Å². The minimum Gasteiger partial charge on any atom is -0.464 e. The Bertz CT molecular complexity index is 570. The van der Waals surface area contributed by atoms with Gasteiger partial charge in [-0.05, 0) is 12.1 Å². The zero-order valence-corrected chi connectivity index (χ0v) is 11.9. The highest BCUT2D eigenvalue weighted by molar-refractivity contribution is 9.10. The molecule has 1 heterocycles. The second-order valence-electron chi connectivity index (χ2n) is 3.15. The van der Waals surface area contributed by atoms with E-state index in [9.17, 15) is 4.79 Å². The summed E-state index contributed by atoms with van der Waals surface area (Å²) in [7, 11) is 1.33. The number of ether oxygens (including phenoxy) is 1. The first kappa shape index (κ1) is 12.5. The number of methoxy groups -OCH3 is 1. The van der Waals surface area contributed by atoms with Crippen molar-refractivity contribution < 1.29 is 9.53 Å². The molecule has 2 aromatic rings. The molecule has 1 aromatic carbocycles. The number of halogens is 2. The molecule has 0 bridgehead atoms. The van der Waals surface area contributed by atoms with Crippen molar-refractivity contribution >= 4 is 44.8 Å². The molecular formula is C11H7BrClNO2S. The van der Waals surface area contributed by atoms with Gasteiger partial charge < -0.3 is 4.74 Å². The Balaban J connectivity index is 2.53. The van der Waals surface area contributed by atoms with Crippen LogP contribution < -0.4 is 0 Å². The second kappa shape index (κ2) is 5.16. The molecule has 0 N–H and O–H groups in total. The second-order valence-corrected chi connectivity index (χ2v) is 5.32. The van der Waals surface area contributed by atoms with Crippen LogP contribution in [0.15, 0.2) is 28.2 Å². The van der Waals surface area contributed by atoms with Crippen molar-refractivity contribution in [1.82, 2.24) is 4.98 Å². The van der Waals surface area contributed by atoms with Gasteiger partial charge in [-0.25, -0.2) is 9.78 Å². The van der Waals surface area contributed by atoms with Crippen LogP contribution >= 0.6 is 38.9 Å². The maximum atomic E-state index is 11.5. The number of nitrogens with zero attached hydrogens (tertiary/aromatic N) is 1. The fourth-order valence-corrected chi connectivity index (χ4v) is 2.99. The van der Waals surface area contributed by atoms with Gasteiger partial charge in [0, 0.05) is 10.0 Å². The van der Waals surface area contributed by atoms with Crippen LogP contribution in [0.2, 0.25) is 5.02 Å². The molecule has 0 fully saturated rings. The maximum absolute atomic E-state index is 11.5. The summed E-state index contributed by atoms with van der Waals surface area (Å²) in [6.45, 7) is 0. The third-order valence-electron chi connectivity index (χ3n) is 2.12. The zero-order valence-electron chi connectivity index (χ0n) is 8.74. The molecule has 0 aliphatic heterocycles. The Morgan fingerprint density at radius 2 is 2.29 bits per heavy atom. The molecule has 0 saturated heterocycles. The van der Waals surface area contributed by atoms with E-state index in [0.717, 1.165) is 10.0 Å². The Morgan fingerprint density at radius 3 is 2.94 bits per heavy atom. The van der Waals surface area contributed by atoms with Crippen LogP contribution in [0.4, 0.5) is 0 Å². The van der Waals surface area contributed by atoms with E-state index in [1.807, 2.05) is 12.1 Å². The average molecular weight is 333 g/mol. The minimum atomic E-state index is -0.458. The summed E-state index contributed by atoms with van der Waals surface area (Å²) >= 11 is 10.8. The molecule has 0 unspecified atom stereocenters. The van der Waals surface area contributed by atoms with Gasteiger partial charge in [0.05, 0.1) is 22.5 Å². The molecule has 2 rings (SSSR count). The molecule has 1 aromatic heterocycles. The largest absolute Gasteiger partial charge is 0.464 e.